The van der Waals surface area contributed by atoms with Gasteiger partial charge in [-0.25, -0.2) is 0 Å². The summed E-state index contributed by atoms with van der Waals surface area (Å²) in [5.74, 6) is 0. The average molecular weight is 241 g/mol. The standard InChI is InChI=1S/C16H19NO/c1-12-5-3-7-15(13(12)2)10-17-16-8-4-6-14(9-16)11-18/h3-9,17-18H,10-11H2,1-2H3. The monoisotopic (exact) mass is 241 g/mol. The molecule has 0 fully saturated rings. The van der Waals surface area contributed by atoms with Crippen LogP contribution in [-0.2, 0) is 13.2 Å². The van der Waals surface area contributed by atoms with E-state index in [0.717, 1.165) is 17.8 Å². The van der Waals surface area contributed by atoms with Crippen molar-refractivity contribution in [3.05, 3.63) is 64.7 Å². The minimum Gasteiger partial charge on any atom is -0.392 e. The Morgan fingerprint density at radius 2 is 1.83 bits per heavy atom. The maximum Gasteiger partial charge on any atom is 0.0682 e. The second-order valence-electron chi connectivity index (χ2n) is 4.57. The van der Waals surface area contributed by atoms with Gasteiger partial charge in [0, 0.05) is 12.2 Å². The molecule has 94 valence electrons. The largest absolute Gasteiger partial charge is 0.392 e. The van der Waals surface area contributed by atoms with E-state index < -0.39 is 0 Å². The molecular weight excluding hydrogens is 222 g/mol. The van der Waals surface area contributed by atoms with Gasteiger partial charge in [-0.1, -0.05) is 30.3 Å². The van der Waals surface area contributed by atoms with Gasteiger partial charge in [0.1, 0.15) is 0 Å². The van der Waals surface area contributed by atoms with E-state index in [-0.39, 0.29) is 6.61 Å². The maximum atomic E-state index is 9.10. The van der Waals surface area contributed by atoms with Gasteiger partial charge in [-0.3, -0.25) is 0 Å². The van der Waals surface area contributed by atoms with Crippen molar-refractivity contribution < 1.29 is 5.11 Å². The van der Waals surface area contributed by atoms with E-state index in [9.17, 15) is 0 Å². The molecule has 0 saturated heterocycles. The van der Waals surface area contributed by atoms with Crippen LogP contribution in [0.15, 0.2) is 42.5 Å². The van der Waals surface area contributed by atoms with Crippen LogP contribution in [0.25, 0.3) is 0 Å². The van der Waals surface area contributed by atoms with Crippen molar-refractivity contribution in [2.24, 2.45) is 0 Å². The predicted molar refractivity (Wildman–Crippen MR) is 75.6 cm³/mol. The van der Waals surface area contributed by atoms with Crippen molar-refractivity contribution in [2.45, 2.75) is 27.0 Å². The van der Waals surface area contributed by atoms with Gasteiger partial charge >= 0.3 is 0 Å². The zero-order valence-electron chi connectivity index (χ0n) is 10.9. The Labute approximate surface area is 108 Å². The Kier molecular flexibility index (Phi) is 4.00. The van der Waals surface area contributed by atoms with Gasteiger partial charge in [0.25, 0.3) is 0 Å². The summed E-state index contributed by atoms with van der Waals surface area (Å²) in [4.78, 5) is 0. The molecule has 2 nitrogen and oxygen atoms in total. The molecular formula is C16H19NO. The molecule has 2 heteroatoms. The van der Waals surface area contributed by atoms with Crippen LogP contribution in [0.1, 0.15) is 22.3 Å². The van der Waals surface area contributed by atoms with Crippen LogP contribution in [0.5, 0.6) is 0 Å². The highest BCUT2D eigenvalue weighted by Crippen LogP contribution is 2.16. The minimum absolute atomic E-state index is 0.0823. The molecule has 0 amide bonds. The molecule has 0 aliphatic rings. The second-order valence-corrected chi connectivity index (χ2v) is 4.57. The van der Waals surface area contributed by atoms with Crippen molar-refractivity contribution in [2.75, 3.05) is 5.32 Å². The van der Waals surface area contributed by atoms with E-state index in [1.165, 1.54) is 16.7 Å². The van der Waals surface area contributed by atoms with Gasteiger partial charge in [-0.15, -0.1) is 0 Å². The molecule has 0 unspecified atom stereocenters. The highest BCUT2D eigenvalue weighted by Gasteiger charge is 2.01. The lowest BCUT2D eigenvalue weighted by atomic mass is 10.0. The van der Waals surface area contributed by atoms with E-state index in [4.69, 9.17) is 5.11 Å². The molecule has 0 radical (unpaired) electrons. The van der Waals surface area contributed by atoms with Crippen LogP contribution in [0.2, 0.25) is 0 Å². The number of hydrogen-bond acceptors (Lipinski definition) is 2. The third-order valence-corrected chi connectivity index (χ3v) is 3.31. The zero-order chi connectivity index (χ0) is 13.0. The van der Waals surface area contributed by atoms with Gasteiger partial charge in [-0.05, 0) is 48.2 Å². The fourth-order valence-corrected chi connectivity index (χ4v) is 1.98. The topological polar surface area (TPSA) is 32.3 Å². The number of aliphatic hydroxyl groups excluding tert-OH is 1. The first-order chi connectivity index (χ1) is 8.70. The summed E-state index contributed by atoms with van der Waals surface area (Å²) >= 11 is 0. The number of anilines is 1. The highest BCUT2D eigenvalue weighted by atomic mass is 16.3. The van der Waals surface area contributed by atoms with Gasteiger partial charge in [-0.2, -0.15) is 0 Å². The van der Waals surface area contributed by atoms with Crippen molar-refractivity contribution in [3.8, 4) is 0 Å². The number of hydrogen-bond donors (Lipinski definition) is 2. The molecule has 2 aromatic carbocycles. The molecule has 0 atom stereocenters. The summed E-state index contributed by atoms with van der Waals surface area (Å²) in [7, 11) is 0. The number of rotatable bonds is 4. The van der Waals surface area contributed by atoms with Crippen molar-refractivity contribution in [1.82, 2.24) is 0 Å². The molecule has 0 aromatic heterocycles. The van der Waals surface area contributed by atoms with Crippen LogP contribution < -0.4 is 5.32 Å². The van der Waals surface area contributed by atoms with Gasteiger partial charge in [0.05, 0.1) is 6.61 Å². The van der Waals surface area contributed by atoms with Gasteiger partial charge in [0.2, 0.25) is 0 Å². The Hall–Kier alpha value is -1.80. The Balaban J connectivity index is 2.09. The normalized spacial score (nSPS) is 10.4. The van der Waals surface area contributed by atoms with Crippen LogP contribution >= 0.6 is 0 Å². The molecule has 2 aromatic rings. The predicted octanol–water partition coefficient (Wildman–Crippen LogP) is 3.41. The molecule has 0 aliphatic heterocycles. The van der Waals surface area contributed by atoms with Crippen LogP contribution in [0, 0.1) is 13.8 Å². The van der Waals surface area contributed by atoms with Crippen LogP contribution in [-0.4, -0.2) is 5.11 Å². The van der Waals surface area contributed by atoms with E-state index in [0.29, 0.717) is 0 Å². The second kappa shape index (κ2) is 5.69. The molecule has 0 bridgehead atoms. The lowest BCUT2D eigenvalue weighted by Crippen LogP contribution is -2.02. The van der Waals surface area contributed by atoms with E-state index in [2.05, 4.69) is 37.4 Å². The first kappa shape index (κ1) is 12.7. The minimum atomic E-state index is 0.0823. The first-order valence-corrected chi connectivity index (χ1v) is 6.19. The third kappa shape index (κ3) is 2.90. The summed E-state index contributed by atoms with van der Waals surface area (Å²) in [5.41, 5.74) is 5.94. The molecule has 2 N–H and O–H groups in total. The van der Waals surface area contributed by atoms with E-state index in [1.807, 2.05) is 24.3 Å². The average Bonchev–Trinajstić information content (AvgIpc) is 2.41. The van der Waals surface area contributed by atoms with Crippen molar-refractivity contribution in [1.29, 1.82) is 0 Å². The fraction of sp³-hybridized carbons (Fsp3) is 0.250. The summed E-state index contributed by atoms with van der Waals surface area (Å²) in [6.45, 7) is 5.17. The lowest BCUT2D eigenvalue weighted by Gasteiger charge is -2.11. The van der Waals surface area contributed by atoms with E-state index >= 15 is 0 Å². The number of aryl methyl sites for hydroxylation is 1. The number of nitrogens with one attached hydrogen (secondary N) is 1. The zero-order valence-corrected chi connectivity index (χ0v) is 10.9. The SMILES string of the molecule is Cc1cccc(CNc2cccc(CO)c2)c1C. The van der Waals surface area contributed by atoms with Gasteiger partial charge < -0.3 is 10.4 Å². The number of benzene rings is 2. The summed E-state index contributed by atoms with van der Waals surface area (Å²) in [5, 5.41) is 12.5. The third-order valence-electron chi connectivity index (χ3n) is 3.31. The van der Waals surface area contributed by atoms with Gasteiger partial charge in [0.15, 0.2) is 0 Å². The number of aliphatic hydroxyl groups is 1. The maximum absolute atomic E-state index is 9.10. The fourth-order valence-electron chi connectivity index (χ4n) is 1.98. The van der Waals surface area contributed by atoms with Crippen LogP contribution in [0.3, 0.4) is 0 Å². The molecule has 0 aliphatic carbocycles. The van der Waals surface area contributed by atoms with Crippen LogP contribution in [0.4, 0.5) is 5.69 Å². The van der Waals surface area contributed by atoms with Crippen molar-refractivity contribution in [3.63, 3.8) is 0 Å². The molecule has 0 spiro atoms. The summed E-state index contributed by atoms with van der Waals surface area (Å²) in [6, 6.07) is 14.2. The first-order valence-electron chi connectivity index (χ1n) is 6.19. The smallest absolute Gasteiger partial charge is 0.0682 e. The van der Waals surface area contributed by atoms with E-state index in [1.54, 1.807) is 0 Å². The molecule has 0 heterocycles. The lowest BCUT2D eigenvalue weighted by molar-refractivity contribution is 0.282. The Morgan fingerprint density at radius 3 is 2.61 bits per heavy atom. The van der Waals surface area contributed by atoms with Crippen molar-refractivity contribution >= 4 is 5.69 Å². The molecule has 0 saturated carbocycles. The quantitative estimate of drug-likeness (QED) is 0.859. The Bertz CT molecular complexity index is 534. The summed E-state index contributed by atoms with van der Waals surface area (Å²) in [6.07, 6.45) is 0. The molecule has 2 rings (SSSR count). The summed E-state index contributed by atoms with van der Waals surface area (Å²) < 4.78 is 0. The Morgan fingerprint density at radius 1 is 1.06 bits per heavy atom. The highest BCUT2D eigenvalue weighted by molar-refractivity contribution is 5.47. The molecule has 18 heavy (non-hydrogen) atoms.